The molecular formula is C17H32N2. The summed E-state index contributed by atoms with van der Waals surface area (Å²) in [6.07, 6.45) is 12.0. The standard InChI is InChI=1S/C17H32N2/c1-16(2,3)19-13-10-17(11-14-19,9-12-18-4)15-7-5-6-8-15/h12,15H,5-11,13-14H2,1-4H3. The fourth-order valence-corrected chi connectivity index (χ4v) is 4.21. The predicted molar refractivity (Wildman–Crippen MR) is 84.0 cm³/mol. The van der Waals surface area contributed by atoms with Crippen LogP contribution in [0.1, 0.15) is 65.7 Å². The molecule has 2 heteroatoms. The van der Waals surface area contributed by atoms with Gasteiger partial charge < -0.3 is 4.99 Å². The maximum absolute atomic E-state index is 4.28. The summed E-state index contributed by atoms with van der Waals surface area (Å²) < 4.78 is 0. The topological polar surface area (TPSA) is 15.6 Å². The minimum Gasteiger partial charge on any atom is -0.301 e. The van der Waals surface area contributed by atoms with Crippen molar-refractivity contribution in [3.05, 3.63) is 0 Å². The van der Waals surface area contributed by atoms with Gasteiger partial charge in [0.15, 0.2) is 0 Å². The first-order valence-corrected chi connectivity index (χ1v) is 8.14. The van der Waals surface area contributed by atoms with Gasteiger partial charge in [-0.2, -0.15) is 0 Å². The number of rotatable bonds is 3. The summed E-state index contributed by atoms with van der Waals surface area (Å²) in [6, 6.07) is 0. The van der Waals surface area contributed by atoms with Crippen molar-refractivity contribution in [3.8, 4) is 0 Å². The molecule has 19 heavy (non-hydrogen) atoms. The Morgan fingerprint density at radius 2 is 1.74 bits per heavy atom. The Morgan fingerprint density at radius 1 is 1.16 bits per heavy atom. The molecule has 0 bridgehead atoms. The summed E-state index contributed by atoms with van der Waals surface area (Å²) in [5, 5.41) is 0. The van der Waals surface area contributed by atoms with Crippen LogP contribution in [-0.4, -0.2) is 36.8 Å². The van der Waals surface area contributed by atoms with E-state index < -0.39 is 0 Å². The highest BCUT2D eigenvalue weighted by Crippen LogP contribution is 2.49. The maximum Gasteiger partial charge on any atom is 0.0273 e. The molecule has 0 aromatic carbocycles. The zero-order chi connectivity index (χ0) is 13.9. The summed E-state index contributed by atoms with van der Waals surface area (Å²) in [5.41, 5.74) is 0.901. The van der Waals surface area contributed by atoms with E-state index in [4.69, 9.17) is 0 Å². The molecule has 0 atom stereocenters. The lowest BCUT2D eigenvalue weighted by molar-refractivity contribution is 0.0142. The fraction of sp³-hybridized carbons (Fsp3) is 0.941. The summed E-state index contributed by atoms with van der Waals surface area (Å²) >= 11 is 0. The summed E-state index contributed by atoms with van der Waals surface area (Å²) in [7, 11) is 1.92. The van der Waals surface area contributed by atoms with Crippen LogP contribution in [0, 0.1) is 11.3 Å². The van der Waals surface area contributed by atoms with Gasteiger partial charge in [-0.1, -0.05) is 12.8 Å². The van der Waals surface area contributed by atoms with Gasteiger partial charge in [-0.15, -0.1) is 0 Å². The molecule has 1 aliphatic carbocycles. The van der Waals surface area contributed by atoms with Crippen LogP contribution in [-0.2, 0) is 0 Å². The lowest BCUT2D eigenvalue weighted by Gasteiger charge is -2.49. The van der Waals surface area contributed by atoms with Crippen molar-refractivity contribution < 1.29 is 0 Å². The minimum atomic E-state index is 0.334. The van der Waals surface area contributed by atoms with E-state index >= 15 is 0 Å². The first kappa shape index (κ1) is 15.0. The third-order valence-corrected chi connectivity index (χ3v) is 5.61. The number of aliphatic imine (C=N–C) groups is 1. The minimum absolute atomic E-state index is 0.334. The SMILES string of the molecule is CN=CCC1(C2CCCC2)CCN(C(C)(C)C)CC1. The highest BCUT2D eigenvalue weighted by molar-refractivity contribution is 5.58. The number of hydrogen-bond acceptors (Lipinski definition) is 2. The van der Waals surface area contributed by atoms with Crippen molar-refractivity contribution in [1.82, 2.24) is 4.90 Å². The first-order valence-electron chi connectivity index (χ1n) is 8.14. The third kappa shape index (κ3) is 3.39. The Kier molecular flexibility index (Phi) is 4.70. The number of piperidine rings is 1. The van der Waals surface area contributed by atoms with E-state index in [1.165, 1.54) is 58.0 Å². The fourth-order valence-electron chi connectivity index (χ4n) is 4.21. The van der Waals surface area contributed by atoms with Gasteiger partial charge >= 0.3 is 0 Å². The normalized spacial score (nSPS) is 26.3. The lowest BCUT2D eigenvalue weighted by Crippen LogP contribution is -2.50. The maximum atomic E-state index is 4.28. The number of likely N-dealkylation sites (tertiary alicyclic amines) is 1. The van der Waals surface area contributed by atoms with Crippen LogP contribution in [0.4, 0.5) is 0 Å². The molecule has 110 valence electrons. The molecule has 2 fully saturated rings. The molecular weight excluding hydrogens is 232 g/mol. The molecule has 1 saturated carbocycles. The molecule has 0 aromatic rings. The van der Waals surface area contributed by atoms with Crippen LogP contribution >= 0.6 is 0 Å². The highest BCUT2D eigenvalue weighted by Gasteiger charge is 2.42. The molecule has 2 aliphatic rings. The van der Waals surface area contributed by atoms with Crippen molar-refractivity contribution in [1.29, 1.82) is 0 Å². The molecule has 2 rings (SSSR count). The van der Waals surface area contributed by atoms with Crippen LogP contribution in [0.5, 0.6) is 0 Å². The average molecular weight is 264 g/mol. The predicted octanol–water partition coefficient (Wildman–Crippen LogP) is 4.15. The van der Waals surface area contributed by atoms with Crippen molar-refractivity contribution >= 4 is 6.21 Å². The Balaban J connectivity index is 2.05. The van der Waals surface area contributed by atoms with E-state index in [0.29, 0.717) is 11.0 Å². The van der Waals surface area contributed by atoms with E-state index in [0.717, 1.165) is 5.92 Å². The van der Waals surface area contributed by atoms with Crippen molar-refractivity contribution in [3.63, 3.8) is 0 Å². The van der Waals surface area contributed by atoms with Crippen molar-refractivity contribution in [2.24, 2.45) is 16.3 Å². The molecule has 1 aliphatic heterocycles. The Labute approximate surface area is 119 Å². The van der Waals surface area contributed by atoms with Gasteiger partial charge in [0.25, 0.3) is 0 Å². The quantitative estimate of drug-likeness (QED) is 0.699. The largest absolute Gasteiger partial charge is 0.301 e. The molecule has 0 amide bonds. The van der Waals surface area contributed by atoms with Gasteiger partial charge in [0.2, 0.25) is 0 Å². The molecule has 2 nitrogen and oxygen atoms in total. The van der Waals surface area contributed by atoms with Gasteiger partial charge in [0, 0.05) is 12.6 Å². The van der Waals surface area contributed by atoms with Crippen LogP contribution in [0.2, 0.25) is 0 Å². The van der Waals surface area contributed by atoms with Gasteiger partial charge in [0.1, 0.15) is 0 Å². The smallest absolute Gasteiger partial charge is 0.0273 e. The number of nitrogens with zero attached hydrogens (tertiary/aromatic N) is 2. The Morgan fingerprint density at radius 3 is 2.21 bits per heavy atom. The summed E-state index contributed by atoms with van der Waals surface area (Å²) in [5.74, 6) is 0.965. The highest BCUT2D eigenvalue weighted by atomic mass is 15.2. The second-order valence-corrected chi connectivity index (χ2v) is 7.65. The van der Waals surface area contributed by atoms with Crippen LogP contribution in [0.3, 0.4) is 0 Å². The summed E-state index contributed by atoms with van der Waals surface area (Å²) in [4.78, 5) is 6.95. The molecule has 0 unspecified atom stereocenters. The second-order valence-electron chi connectivity index (χ2n) is 7.65. The van der Waals surface area contributed by atoms with E-state index in [9.17, 15) is 0 Å². The molecule has 1 heterocycles. The zero-order valence-electron chi connectivity index (χ0n) is 13.4. The second kappa shape index (κ2) is 5.95. The summed E-state index contributed by atoms with van der Waals surface area (Å²) in [6.45, 7) is 9.60. The molecule has 0 spiro atoms. The van der Waals surface area contributed by atoms with Crippen LogP contribution < -0.4 is 0 Å². The van der Waals surface area contributed by atoms with Crippen LogP contribution in [0.15, 0.2) is 4.99 Å². The number of hydrogen-bond donors (Lipinski definition) is 0. The van der Waals surface area contributed by atoms with Crippen molar-refractivity contribution in [2.75, 3.05) is 20.1 Å². The monoisotopic (exact) mass is 264 g/mol. The van der Waals surface area contributed by atoms with E-state index in [2.05, 4.69) is 36.9 Å². The van der Waals surface area contributed by atoms with Gasteiger partial charge in [-0.05, 0) is 83.5 Å². The van der Waals surface area contributed by atoms with Crippen LogP contribution in [0.25, 0.3) is 0 Å². The molecule has 0 aromatic heterocycles. The average Bonchev–Trinajstić information content (AvgIpc) is 2.90. The van der Waals surface area contributed by atoms with Crippen molar-refractivity contribution in [2.45, 2.75) is 71.3 Å². The van der Waals surface area contributed by atoms with E-state index in [1.807, 2.05) is 7.05 Å². The zero-order valence-corrected chi connectivity index (χ0v) is 13.4. The lowest BCUT2D eigenvalue weighted by atomic mass is 9.65. The van der Waals surface area contributed by atoms with Gasteiger partial charge in [-0.25, -0.2) is 0 Å². The Hall–Kier alpha value is -0.370. The van der Waals surface area contributed by atoms with E-state index in [-0.39, 0.29) is 0 Å². The van der Waals surface area contributed by atoms with Gasteiger partial charge in [0.05, 0.1) is 0 Å². The molecule has 0 radical (unpaired) electrons. The van der Waals surface area contributed by atoms with E-state index in [1.54, 1.807) is 0 Å². The molecule has 1 saturated heterocycles. The molecule has 0 N–H and O–H groups in total. The third-order valence-electron chi connectivity index (χ3n) is 5.61. The first-order chi connectivity index (χ1) is 8.98. The Bertz CT molecular complexity index is 300. The van der Waals surface area contributed by atoms with Gasteiger partial charge in [-0.3, -0.25) is 4.90 Å².